The molecule has 6 nitrogen and oxygen atoms in total. The smallest absolute Gasteiger partial charge is 0.235 e. The summed E-state index contributed by atoms with van der Waals surface area (Å²) in [6.45, 7) is 9.96. The number of nitrogens with zero attached hydrogens (tertiary/aromatic N) is 1. The van der Waals surface area contributed by atoms with E-state index in [1.54, 1.807) is 7.11 Å². The maximum absolute atomic E-state index is 12.7. The first-order valence-corrected chi connectivity index (χ1v) is 12.3. The van der Waals surface area contributed by atoms with Crippen molar-refractivity contribution in [1.29, 1.82) is 0 Å². The van der Waals surface area contributed by atoms with Crippen LogP contribution in [0.3, 0.4) is 0 Å². The van der Waals surface area contributed by atoms with Crippen LogP contribution in [0.2, 0.25) is 0 Å². The molecule has 0 saturated heterocycles. The lowest BCUT2D eigenvalue weighted by Gasteiger charge is -2.23. The molecule has 7 heteroatoms. The van der Waals surface area contributed by atoms with Gasteiger partial charge in [0, 0.05) is 6.54 Å². The van der Waals surface area contributed by atoms with Gasteiger partial charge in [0.25, 0.3) is 0 Å². The molecule has 2 aromatic rings. The summed E-state index contributed by atoms with van der Waals surface area (Å²) in [5.41, 5.74) is 5.00. The van der Waals surface area contributed by atoms with Gasteiger partial charge in [-0.2, -0.15) is 4.31 Å². The number of aryl methyl sites for hydroxylation is 2. The summed E-state index contributed by atoms with van der Waals surface area (Å²) in [4.78, 5) is 12.7. The van der Waals surface area contributed by atoms with Crippen molar-refractivity contribution in [3.05, 3.63) is 64.2 Å². The Balaban J connectivity index is 2.17. The molecule has 0 aromatic heterocycles. The van der Waals surface area contributed by atoms with Crippen LogP contribution >= 0.6 is 0 Å². The average molecular weight is 447 g/mol. The Labute approximate surface area is 186 Å². The Morgan fingerprint density at radius 1 is 1.06 bits per heavy atom. The summed E-state index contributed by atoms with van der Waals surface area (Å²) in [6.07, 6.45) is 1.13. The van der Waals surface area contributed by atoms with Crippen molar-refractivity contribution in [1.82, 2.24) is 9.62 Å². The predicted octanol–water partition coefficient (Wildman–Crippen LogP) is 4.07. The van der Waals surface area contributed by atoms with Crippen molar-refractivity contribution in [3.8, 4) is 5.75 Å². The van der Waals surface area contributed by atoms with Crippen molar-refractivity contribution < 1.29 is 17.9 Å². The molecule has 0 radical (unpaired) electrons. The lowest BCUT2D eigenvalue weighted by atomic mass is 9.93. The molecule has 0 aliphatic rings. The topological polar surface area (TPSA) is 75.7 Å². The van der Waals surface area contributed by atoms with Crippen LogP contribution in [0.25, 0.3) is 0 Å². The maximum Gasteiger partial charge on any atom is 0.235 e. The van der Waals surface area contributed by atoms with Crippen LogP contribution in [-0.2, 0) is 21.4 Å². The number of methoxy groups -OCH3 is 1. The van der Waals surface area contributed by atoms with Crippen LogP contribution in [0, 0.1) is 13.8 Å². The van der Waals surface area contributed by atoms with Crippen LogP contribution < -0.4 is 10.1 Å². The second-order valence-electron chi connectivity index (χ2n) is 8.41. The van der Waals surface area contributed by atoms with Gasteiger partial charge in [-0.1, -0.05) is 43.7 Å². The van der Waals surface area contributed by atoms with Crippen LogP contribution in [0.4, 0.5) is 0 Å². The standard InChI is InChI=1S/C24H34N2O4S/c1-16(2)21-13-22(18(4)12-23(21)30-6)19(5)25-24(27)15-26(31(7,28)29)14-20-10-8-17(3)9-11-20/h8-13,16,19H,14-15H2,1-7H3,(H,25,27)/t19-/m0/s1. The first-order valence-electron chi connectivity index (χ1n) is 10.4. The summed E-state index contributed by atoms with van der Waals surface area (Å²) >= 11 is 0. The highest BCUT2D eigenvalue weighted by atomic mass is 32.2. The summed E-state index contributed by atoms with van der Waals surface area (Å²) in [5.74, 6) is 0.759. The summed E-state index contributed by atoms with van der Waals surface area (Å²) in [7, 11) is -1.90. The zero-order valence-electron chi connectivity index (χ0n) is 19.5. The quantitative estimate of drug-likeness (QED) is 0.630. The van der Waals surface area contributed by atoms with Gasteiger partial charge in [-0.3, -0.25) is 4.79 Å². The van der Waals surface area contributed by atoms with Gasteiger partial charge >= 0.3 is 0 Å². The highest BCUT2D eigenvalue weighted by Crippen LogP contribution is 2.32. The molecule has 2 aromatic carbocycles. The minimum atomic E-state index is -3.55. The van der Waals surface area contributed by atoms with E-state index in [2.05, 4.69) is 25.2 Å². The minimum absolute atomic E-state index is 0.153. The highest BCUT2D eigenvalue weighted by Gasteiger charge is 2.23. The van der Waals surface area contributed by atoms with Gasteiger partial charge < -0.3 is 10.1 Å². The second kappa shape index (κ2) is 10.3. The predicted molar refractivity (Wildman–Crippen MR) is 125 cm³/mol. The molecular formula is C24H34N2O4S. The van der Waals surface area contributed by atoms with E-state index in [-0.39, 0.29) is 31.0 Å². The van der Waals surface area contributed by atoms with Crippen molar-refractivity contribution in [3.63, 3.8) is 0 Å². The molecular weight excluding hydrogens is 412 g/mol. The SMILES string of the molecule is COc1cc(C)c([C@H](C)NC(=O)CN(Cc2ccc(C)cc2)S(C)(=O)=O)cc1C(C)C. The number of hydrogen-bond acceptors (Lipinski definition) is 4. The molecule has 0 heterocycles. The molecule has 0 spiro atoms. The maximum atomic E-state index is 12.7. The van der Waals surface area contributed by atoms with Crippen LogP contribution in [0.1, 0.15) is 60.5 Å². The van der Waals surface area contributed by atoms with Crippen LogP contribution in [-0.4, -0.2) is 38.5 Å². The number of carbonyl (C=O) groups excluding carboxylic acids is 1. The van der Waals surface area contributed by atoms with E-state index in [1.807, 2.05) is 51.1 Å². The lowest BCUT2D eigenvalue weighted by molar-refractivity contribution is -0.122. The number of sulfonamides is 1. The second-order valence-corrected chi connectivity index (χ2v) is 10.4. The Bertz CT molecular complexity index is 1010. The number of hydrogen-bond donors (Lipinski definition) is 1. The Kier molecular flexibility index (Phi) is 8.26. The molecule has 0 fully saturated rings. The number of benzene rings is 2. The fourth-order valence-corrected chi connectivity index (χ4v) is 4.26. The number of nitrogens with one attached hydrogen (secondary N) is 1. The fraction of sp³-hybridized carbons (Fsp3) is 0.458. The molecule has 1 atom stereocenters. The number of amides is 1. The largest absolute Gasteiger partial charge is 0.496 e. The Morgan fingerprint density at radius 3 is 2.19 bits per heavy atom. The molecule has 1 N–H and O–H groups in total. The third-order valence-electron chi connectivity index (χ3n) is 5.35. The van der Waals surface area contributed by atoms with E-state index in [9.17, 15) is 13.2 Å². The molecule has 0 unspecified atom stereocenters. The third kappa shape index (κ3) is 6.80. The van der Waals surface area contributed by atoms with Crippen molar-refractivity contribution in [2.45, 2.75) is 53.1 Å². The molecule has 0 aliphatic carbocycles. The average Bonchev–Trinajstić information content (AvgIpc) is 2.67. The molecule has 2 rings (SSSR count). The van der Waals surface area contributed by atoms with Gasteiger partial charge in [-0.25, -0.2) is 8.42 Å². The van der Waals surface area contributed by atoms with Crippen molar-refractivity contribution >= 4 is 15.9 Å². The summed E-state index contributed by atoms with van der Waals surface area (Å²) in [5, 5.41) is 2.95. The number of rotatable bonds is 9. The van der Waals surface area contributed by atoms with E-state index >= 15 is 0 Å². The van der Waals surface area contributed by atoms with Gasteiger partial charge in [0.15, 0.2) is 0 Å². The molecule has 0 bridgehead atoms. The first kappa shape index (κ1) is 24.9. The minimum Gasteiger partial charge on any atom is -0.496 e. The zero-order chi connectivity index (χ0) is 23.3. The van der Waals surface area contributed by atoms with Crippen LogP contribution in [0.5, 0.6) is 5.75 Å². The summed E-state index contributed by atoms with van der Waals surface area (Å²) in [6, 6.07) is 11.4. The molecule has 0 saturated carbocycles. The van der Waals surface area contributed by atoms with Crippen LogP contribution in [0.15, 0.2) is 36.4 Å². The van der Waals surface area contributed by atoms with E-state index < -0.39 is 10.0 Å². The molecule has 170 valence electrons. The van der Waals surface area contributed by atoms with E-state index in [0.717, 1.165) is 39.8 Å². The van der Waals surface area contributed by atoms with Gasteiger partial charge in [0.1, 0.15) is 5.75 Å². The zero-order valence-corrected chi connectivity index (χ0v) is 20.3. The Hall–Kier alpha value is -2.38. The number of carbonyl (C=O) groups is 1. The van der Waals surface area contributed by atoms with Crippen molar-refractivity contribution in [2.24, 2.45) is 0 Å². The third-order valence-corrected chi connectivity index (χ3v) is 6.55. The van der Waals surface area contributed by atoms with E-state index in [1.165, 1.54) is 4.31 Å². The van der Waals surface area contributed by atoms with Gasteiger partial charge in [0.2, 0.25) is 15.9 Å². The highest BCUT2D eigenvalue weighted by molar-refractivity contribution is 7.88. The Morgan fingerprint density at radius 2 is 1.68 bits per heavy atom. The molecule has 31 heavy (non-hydrogen) atoms. The van der Waals surface area contributed by atoms with Crippen molar-refractivity contribution in [2.75, 3.05) is 19.9 Å². The summed E-state index contributed by atoms with van der Waals surface area (Å²) < 4.78 is 31.2. The van der Waals surface area contributed by atoms with E-state index in [0.29, 0.717) is 0 Å². The molecule has 1 amide bonds. The lowest BCUT2D eigenvalue weighted by Crippen LogP contribution is -2.40. The van der Waals surface area contributed by atoms with Gasteiger partial charge in [0.05, 0.1) is 26.0 Å². The van der Waals surface area contributed by atoms with Gasteiger partial charge in [-0.05, 0) is 61.1 Å². The number of ether oxygens (including phenoxy) is 1. The van der Waals surface area contributed by atoms with Gasteiger partial charge in [-0.15, -0.1) is 0 Å². The molecule has 0 aliphatic heterocycles. The fourth-order valence-electron chi connectivity index (χ4n) is 3.52. The van der Waals surface area contributed by atoms with E-state index in [4.69, 9.17) is 4.74 Å². The monoisotopic (exact) mass is 446 g/mol. The normalized spacial score (nSPS) is 12.8. The first-order chi connectivity index (χ1) is 14.4.